The highest BCUT2D eigenvalue weighted by atomic mass is 79.9. The summed E-state index contributed by atoms with van der Waals surface area (Å²) < 4.78 is 10.5. The lowest BCUT2D eigenvalue weighted by Crippen LogP contribution is -2.07. The van der Waals surface area contributed by atoms with E-state index in [1.807, 2.05) is 6.07 Å². The van der Waals surface area contributed by atoms with Crippen molar-refractivity contribution in [2.75, 3.05) is 25.7 Å². The Kier molecular flexibility index (Phi) is 4.70. The topological polar surface area (TPSA) is 163 Å². The van der Waals surface area contributed by atoms with Gasteiger partial charge in [-0.15, -0.1) is 0 Å². The van der Waals surface area contributed by atoms with E-state index in [9.17, 15) is 15.4 Å². The van der Waals surface area contributed by atoms with Crippen molar-refractivity contribution < 1.29 is 14.4 Å². The van der Waals surface area contributed by atoms with Crippen LogP contribution in [0.4, 0.5) is 17.5 Å². The number of nitriles is 1. The summed E-state index contributed by atoms with van der Waals surface area (Å²) in [6.07, 6.45) is 0. The number of nitrogen functional groups attached to an aromatic ring is 2. The second-order valence-corrected chi connectivity index (χ2v) is 5.17. The predicted octanol–water partition coefficient (Wildman–Crippen LogP) is 1.87. The number of nitrogens with zero attached hydrogens (tertiary/aromatic N) is 4. The Morgan fingerprint density at radius 3 is 2.50 bits per heavy atom. The van der Waals surface area contributed by atoms with Crippen molar-refractivity contribution in [3.63, 3.8) is 0 Å². The van der Waals surface area contributed by atoms with Crippen LogP contribution in [0.5, 0.6) is 11.5 Å². The third-order valence-corrected chi connectivity index (χ3v) is 3.89. The van der Waals surface area contributed by atoms with Crippen LogP contribution >= 0.6 is 15.9 Å². The number of nitro benzene ring substituents is 1. The van der Waals surface area contributed by atoms with Gasteiger partial charge in [0.25, 0.3) is 5.69 Å². The summed E-state index contributed by atoms with van der Waals surface area (Å²) >= 11 is 3.16. The first-order valence-electron chi connectivity index (χ1n) is 6.28. The van der Waals surface area contributed by atoms with Gasteiger partial charge in [-0.2, -0.15) is 10.2 Å². The van der Waals surface area contributed by atoms with Gasteiger partial charge in [-0.05, 0) is 15.9 Å². The van der Waals surface area contributed by atoms with Crippen molar-refractivity contribution in [2.45, 2.75) is 0 Å². The van der Waals surface area contributed by atoms with Gasteiger partial charge in [0, 0.05) is 0 Å². The van der Waals surface area contributed by atoms with Crippen LogP contribution in [0.1, 0.15) is 5.56 Å². The highest BCUT2D eigenvalue weighted by Gasteiger charge is 2.29. The van der Waals surface area contributed by atoms with Crippen molar-refractivity contribution in [3.05, 3.63) is 26.2 Å². The number of aromatic nitrogens is 2. The molecule has 0 unspecified atom stereocenters. The minimum atomic E-state index is -0.616. The number of benzene rings is 1. The minimum absolute atomic E-state index is 0.00627. The van der Waals surface area contributed by atoms with Gasteiger partial charge in [-0.25, -0.2) is 4.98 Å². The third-order valence-electron chi connectivity index (χ3n) is 3.09. The second kappa shape index (κ2) is 6.55. The van der Waals surface area contributed by atoms with Gasteiger partial charge in [0.1, 0.15) is 27.6 Å². The maximum atomic E-state index is 11.3. The number of methoxy groups -OCH3 is 2. The molecule has 1 heterocycles. The van der Waals surface area contributed by atoms with E-state index in [0.29, 0.717) is 0 Å². The first kappa shape index (κ1) is 17.2. The van der Waals surface area contributed by atoms with E-state index >= 15 is 0 Å². The molecule has 0 radical (unpaired) electrons. The van der Waals surface area contributed by atoms with Crippen LogP contribution in [0.2, 0.25) is 0 Å². The lowest BCUT2D eigenvalue weighted by atomic mass is 10.0. The van der Waals surface area contributed by atoms with Gasteiger partial charge >= 0.3 is 0 Å². The average molecular weight is 395 g/mol. The molecule has 4 N–H and O–H groups in total. The van der Waals surface area contributed by atoms with Crippen molar-refractivity contribution >= 4 is 33.4 Å². The van der Waals surface area contributed by atoms with E-state index in [1.165, 1.54) is 20.3 Å². The number of rotatable bonds is 4. The maximum absolute atomic E-state index is 11.3. The molecule has 0 saturated heterocycles. The summed E-state index contributed by atoms with van der Waals surface area (Å²) in [4.78, 5) is 18.4. The SMILES string of the molecule is COc1cc([N+](=O)[O-])c(Br)c(-c2nc(N)nc(N)c2C#N)c1OC. The number of anilines is 2. The minimum Gasteiger partial charge on any atom is -0.493 e. The lowest BCUT2D eigenvalue weighted by molar-refractivity contribution is -0.385. The van der Waals surface area contributed by atoms with E-state index in [4.69, 9.17) is 20.9 Å². The summed E-state index contributed by atoms with van der Waals surface area (Å²) in [6, 6.07) is 3.05. The average Bonchev–Trinajstić information content (AvgIpc) is 2.53. The highest BCUT2D eigenvalue weighted by Crippen LogP contribution is 2.48. The van der Waals surface area contributed by atoms with Crippen LogP contribution in [0.15, 0.2) is 10.5 Å². The predicted molar refractivity (Wildman–Crippen MR) is 88.5 cm³/mol. The molecule has 0 bridgehead atoms. The molecule has 0 amide bonds. The zero-order valence-electron chi connectivity index (χ0n) is 12.5. The maximum Gasteiger partial charge on any atom is 0.288 e. The molecule has 0 aliphatic carbocycles. The normalized spacial score (nSPS) is 10.1. The van der Waals surface area contributed by atoms with Crippen LogP contribution in [-0.4, -0.2) is 29.1 Å². The van der Waals surface area contributed by atoms with Crippen molar-refractivity contribution in [3.8, 4) is 28.8 Å². The van der Waals surface area contributed by atoms with E-state index < -0.39 is 4.92 Å². The largest absolute Gasteiger partial charge is 0.493 e. The van der Waals surface area contributed by atoms with Gasteiger partial charge in [0.2, 0.25) is 5.95 Å². The molecule has 0 aliphatic heterocycles. The fourth-order valence-electron chi connectivity index (χ4n) is 2.09. The molecule has 1 aromatic carbocycles. The van der Waals surface area contributed by atoms with Gasteiger partial charge < -0.3 is 20.9 Å². The van der Waals surface area contributed by atoms with Gasteiger partial charge in [0.05, 0.1) is 30.8 Å². The molecule has 0 saturated carbocycles. The summed E-state index contributed by atoms with van der Waals surface area (Å²) in [6.45, 7) is 0. The quantitative estimate of drug-likeness (QED) is 0.581. The van der Waals surface area contributed by atoms with E-state index in [1.54, 1.807) is 0 Å². The van der Waals surface area contributed by atoms with Crippen molar-refractivity contribution in [1.29, 1.82) is 5.26 Å². The molecule has 10 nitrogen and oxygen atoms in total. The molecule has 0 aliphatic rings. The zero-order chi connectivity index (χ0) is 18.0. The van der Waals surface area contributed by atoms with Crippen LogP contribution < -0.4 is 20.9 Å². The van der Waals surface area contributed by atoms with Crippen molar-refractivity contribution in [2.24, 2.45) is 0 Å². The van der Waals surface area contributed by atoms with Crippen LogP contribution in [-0.2, 0) is 0 Å². The Morgan fingerprint density at radius 1 is 1.33 bits per heavy atom. The summed E-state index contributed by atoms with van der Waals surface area (Å²) in [5.74, 6) is -0.133. The van der Waals surface area contributed by atoms with E-state index in [0.717, 1.165) is 0 Å². The monoisotopic (exact) mass is 394 g/mol. The second-order valence-electron chi connectivity index (χ2n) is 4.38. The standard InChI is InChI=1S/C13H11BrN6O4/c1-23-7-3-6(20(21)22)9(14)8(11(7)24-2)10-5(4-15)12(16)19-13(17)18-10/h3H,1-2H3,(H4,16,17,18,19). The molecule has 0 atom stereocenters. The Morgan fingerprint density at radius 2 is 2.00 bits per heavy atom. The van der Waals surface area contributed by atoms with E-state index in [2.05, 4.69) is 25.9 Å². The molecule has 0 fully saturated rings. The molecular formula is C13H11BrN6O4. The summed E-state index contributed by atoms with van der Waals surface area (Å²) in [7, 11) is 2.67. The molecule has 2 aromatic rings. The highest BCUT2D eigenvalue weighted by molar-refractivity contribution is 9.10. The number of hydrogen-bond acceptors (Lipinski definition) is 9. The smallest absolute Gasteiger partial charge is 0.288 e. The lowest BCUT2D eigenvalue weighted by Gasteiger charge is -2.15. The van der Waals surface area contributed by atoms with Crippen LogP contribution in [0.25, 0.3) is 11.3 Å². The first-order valence-corrected chi connectivity index (χ1v) is 7.07. The summed E-state index contributed by atoms with van der Waals surface area (Å²) in [5.41, 5.74) is 11.0. The van der Waals surface area contributed by atoms with Crippen LogP contribution in [0, 0.1) is 21.4 Å². The Labute approximate surface area is 144 Å². The third kappa shape index (κ3) is 2.74. The Balaban J connectivity index is 3.01. The van der Waals surface area contributed by atoms with Gasteiger partial charge in [0.15, 0.2) is 11.5 Å². The fraction of sp³-hybridized carbons (Fsp3) is 0.154. The fourth-order valence-corrected chi connectivity index (χ4v) is 2.72. The Bertz CT molecular complexity index is 880. The molecular weight excluding hydrogens is 384 g/mol. The Hall–Kier alpha value is -3.13. The molecule has 1 aromatic heterocycles. The summed E-state index contributed by atoms with van der Waals surface area (Å²) in [5, 5.41) is 20.6. The number of nitrogens with two attached hydrogens (primary N) is 2. The number of halogens is 1. The number of ether oxygens (including phenoxy) is 2. The molecule has 24 heavy (non-hydrogen) atoms. The van der Waals surface area contributed by atoms with Crippen LogP contribution in [0.3, 0.4) is 0 Å². The number of nitro groups is 1. The molecule has 2 rings (SSSR count). The zero-order valence-corrected chi connectivity index (χ0v) is 14.1. The van der Waals surface area contributed by atoms with Crippen molar-refractivity contribution in [1.82, 2.24) is 9.97 Å². The van der Waals surface area contributed by atoms with Gasteiger partial charge in [-0.1, -0.05) is 0 Å². The molecule has 0 spiro atoms. The van der Waals surface area contributed by atoms with E-state index in [-0.39, 0.29) is 50.2 Å². The first-order chi connectivity index (χ1) is 11.3. The van der Waals surface area contributed by atoms with Gasteiger partial charge in [-0.3, -0.25) is 10.1 Å². The molecule has 11 heteroatoms. The molecule has 124 valence electrons. The number of hydrogen-bond donors (Lipinski definition) is 2.